The number of fused-ring (bicyclic) bond motifs is 1. The van der Waals surface area contributed by atoms with Gasteiger partial charge in [0.25, 0.3) is 0 Å². The van der Waals surface area contributed by atoms with Crippen LogP contribution in [0.3, 0.4) is 0 Å². The lowest BCUT2D eigenvalue weighted by atomic mass is 10.1. The van der Waals surface area contributed by atoms with Crippen molar-refractivity contribution in [3.63, 3.8) is 0 Å². The molecule has 0 bridgehead atoms. The van der Waals surface area contributed by atoms with Crippen LogP contribution in [0.2, 0.25) is 0 Å². The molecule has 3 aromatic rings. The summed E-state index contributed by atoms with van der Waals surface area (Å²) in [5, 5.41) is 2.12. The normalized spacial score (nSPS) is 10.7. The highest BCUT2D eigenvalue weighted by Gasteiger charge is 2.11. The Bertz CT molecular complexity index is 806. The second-order valence-corrected chi connectivity index (χ2v) is 5.28. The van der Waals surface area contributed by atoms with E-state index in [1.807, 2.05) is 43.3 Å². The van der Waals surface area contributed by atoms with E-state index in [0.717, 1.165) is 22.1 Å². The minimum atomic E-state index is 0.581. The SMILES string of the molecule is CCOc1[c]c2ccccc2cc1Oc1cccc(C)c1C. The van der Waals surface area contributed by atoms with Crippen molar-refractivity contribution in [2.24, 2.45) is 0 Å². The smallest absolute Gasteiger partial charge is 0.170 e. The van der Waals surface area contributed by atoms with E-state index >= 15 is 0 Å². The number of aryl methyl sites for hydroxylation is 1. The second-order valence-electron chi connectivity index (χ2n) is 5.28. The van der Waals surface area contributed by atoms with Crippen molar-refractivity contribution >= 4 is 10.8 Å². The number of rotatable bonds is 4. The van der Waals surface area contributed by atoms with Crippen LogP contribution in [-0.2, 0) is 0 Å². The highest BCUT2D eigenvalue weighted by molar-refractivity contribution is 5.85. The summed E-state index contributed by atoms with van der Waals surface area (Å²) in [6.45, 7) is 6.69. The van der Waals surface area contributed by atoms with Gasteiger partial charge >= 0.3 is 0 Å². The van der Waals surface area contributed by atoms with Crippen LogP contribution in [0.1, 0.15) is 18.1 Å². The van der Waals surface area contributed by atoms with E-state index in [0.29, 0.717) is 18.1 Å². The largest absolute Gasteiger partial charge is 0.489 e. The first-order valence-corrected chi connectivity index (χ1v) is 7.51. The quantitative estimate of drug-likeness (QED) is 0.636. The fraction of sp³-hybridized carbons (Fsp3) is 0.200. The van der Waals surface area contributed by atoms with Gasteiger partial charge in [-0.1, -0.05) is 36.4 Å². The van der Waals surface area contributed by atoms with Crippen molar-refractivity contribution < 1.29 is 9.47 Å². The number of hydrogen-bond donors (Lipinski definition) is 0. The molecule has 0 amide bonds. The van der Waals surface area contributed by atoms with Gasteiger partial charge < -0.3 is 9.47 Å². The molecule has 111 valence electrons. The van der Waals surface area contributed by atoms with Gasteiger partial charge in [-0.15, -0.1) is 0 Å². The molecular weight excluding hydrogens is 272 g/mol. The molecule has 3 aromatic carbocycles. The predicted molar refractivity (Wildman–Crippen MR) is 89.9 cm³/mol. The molecule has 0 aromatic heterocycles. The van der Waals surface area contributed by atoms with Gasteiger partial charge in [0.05, 0.1) is 6.61 Å². The summed E-state index contributed by atoms with van der Waals surface area (Å²) in [5.74, 6) is 2.21. The molecule has 0 heterocycles. The van der Waals surface area contributed by atoms with E-state index in [2.05, 4.69) is 32.0 Å². The summed E-state index contributed by atoms with van der Waals surface area (Å²) in [7, 11) is 0. The summed E-state index contributed by atoms with van der Waals surface area (Å²) in [4.78, 5) is 0. The molecule has 22 heavy (non-hydrogen) atoms. The number of benzene rings is 3. The van der Waals surface area contributed by atoms with Gasteiger partial charge in [0.15, 0.2) is 11.5 Å². The zero-order valence-electron chi connectivity index (χ0n) is 13.1. The Labute approximate surface area is 131 Å². The molecule has 2 nitrogen and oxygen atoms in total. The molecule has 0 N–H and O–H groups in total. The van der Waals surface area contributed by atoms with Crippen LogP contribution in [0.4, 0.5) is 0 Å². The van der Waals surface area contributed by atoms with E-state index in [1.165, 1.54) is 5.56 Å². The Hall–Kier alpha value is -2.48. The van der Waals surface area contributed by atoms with Gasteiger partial charge in [0.2, 0.25) is 0 Å². The van der Waals surface area contributed by atoms with Crippen LogP contribution in [0.5, 0.6) is 17.2 Å². The maximum Gasteiger partial charge on any atom is 0.170 e. The van der Waals surface area contributed by atoms with Crippen LogP contribution in [0.25, 0.3) is 10.8 Å². The van der Waals surface area contributed by atoms with Crippen molar-refractivity contribution in [3.05, 3.63) is 65.7 Å². The molecule has 0 aliphatic rings. The summed E-state index contributed by atoms with van der Waals surface area (Å²) >= 11 is 0. The molecule has 2 heteroatoms. The molecular formula is C20H19O2. The van der Waals surface area contributed by atoms with Crippen LogP contribution >= 0.6 is 0 Å². The first-order chi connectivity index (χ1) is 10.7. The third-order valence-corrected chi connectivity index (χ3v) is 3.78. The summed E-state index contributed by atoms with van der Waals surface area (Å²) in [6, 6.07) is 19.5. The van der Waals surface area contributed by atoms with Gasteiger partial charge in [-0.05, 0) is 54.8 Å². The maximum absolute atomic E-state index is 6.13. The zero-order valence-corrected chi connectivity index (χ0v) is 13.1. The lowest BCUT2D eigenvalue weighted by molar-refractivity contribution is 0.321. The molecule has 0 unspecified atom stereocenters. The van der Waals surface area contributed by atoms with Crippen molar-refractivity contribution in [1.82, 2.24) is 0 Å². The molecule has 0 aliphatic heterocycles. The molecule has 0 saturated heterocycles. The third kappa shape index (κ3) is 2.77. The standard InChI is InChI=1S/C20H19O2/c1-4-21-19-12-16-9-5-6-10-17(16)13-20(19)22-18-11-7-8-14(2)15(18)3/h5-11,13H,4H2,1-3H3. The predicted octanol–water partition coefficient (Wildman–Crippen LogP) is 5.45. The van der Waals surface area contributed by atoms with E-state index < -0.39 is 0 Å². The van der Waals surface area contributed by atoms with Crippen LogP contribution < -0.4 is 9.47 Å². The fourth-order valence-corrected chi connectivity index (χ4v) is 2.41. The van der Waals surface area contributed by atoms with Crippen molar-refractivity contribution in [1.29, 1.82) is 0 Å². The second kappa shape index (κ2) is 6.10. The van der Waals surface area contributed by atoms with Crippen molar-refractivity contribution in [2.75, 3.05) is 6.61 Å². The van der Waals surface area contributed by atoms with Gasteiger partial charge in [0, 0.05) is 6.07 Å². The third-order valence-electron chi connectivity index (χ3n) is 3.78. The molecule has 0 fully saturated rings. The van der Waals surface area contributed by atoms with Crippen molar-refractivity contribution in [3.8, 4) is 17.2 Å². The fourth-order valence-electron chi connectivity index (χ4n) is 2.41. The average Bonchev–Trinajstić information content (AvgIpc) is 2.52. The molecule has 3 rings (SSSR count). The average molecular weight is 291 g/mol. The summed E-state index contributed by atoms with van der Waals surface area (Å²) in [6.07, 6.45) is 0. The van der Waals surface area contributed by atoms with E-state index in [-0.39, 0.29) is 0 Å². The van der Waals surface area contributed by atoms with E-state index in [4.69, 9.17) is 9.47 Å². The monoisotopic (exact) mass is 291 g/mol. The maximum atomic E-state index is 6.13. The minimum Gasteiger partial charge on any atom is -0.489 e. The van der Waals surface area contributed by atoms with Gasteiger partial charge in [-0.2, -0.15) is 0 Å². The van der Waals surface area contributed by atoms with Crippen LogP contribution in [0.15, 0.2) is 48.5 Å². The van der Waals surface area contributed by atoms with E-state index in [1.54, 1.807) is 0 Å². The molecule has 0 aliphatic carbocycles. The molecule has 0 spiro atoms. The lowest BCUT2D eigenvalue weighted by Crippen LogP contribution is -1.97. The Morgan fingerprint density at radius 1 is 0.955 bits per heavy atom. The van der Waals surface area contributed by atoms with Crippen LogP contribution in [-0.4, -0.2) is 6.61 Å². The van der Waals surface area contributed by atoms with Gasteiger partial charge in [-0.25, -0.2) is 0 Å². The first kappa shape index (κ1) is 14.5. The summed E-state index contributed by atoms with van der Waals surface area (Å²) < 4.78 is 11.8. The Balaban J connectivity index is 2.08. The van der Waals surface area contributed by atoms with E-state index in [9.17, 15) is 0 Å². The Kier molecular flexibility index (Phi) is 4.01. The Morgan fingerprint density at radius 3 is 2.59 bits per heavy atom. The Morgan fingerprint density at radius 2 is 1.77 bits per heavy atom. The zero-order chi connectivity index (χ0) is 15.5. The number of hydrogen-bond acceptors (Lipinski definition) is 2. The first-order valence-electron chi connectivity index (χ1n) is 7.51. The minimum absolute atomic E-state index is 0.581. The van der Waals surface area contributed by atoms with Crippen molar-refractivity contribution in [2.45, 2.75) is 20.8 Å². The topological polar surface area (TPSA) is 18.5 Å². The highest BCUT2D eigenvalue weighted by Crippen LogP contribution is 2.36. The number of ether oxygens (including phenoxy) is 2. The molecule has 1 radical (unpaired) electrons. The molecule has 0 saturated carbocycles. The molecule has 0 atom stereocenters. The summed E-state index contributed by atoms with van der Waals surface area (Å²) in [5.41, 5.74) is 2.35. The van der Waals surface area contributed by atoms with Crippen LogP contribution in [0, 0.1) is 19.9 Å². The lowest BCUT2D eigenvalue weighted by Gasteiger charge is -2.15. The van der Waals surface area contributed by atoms with Gasteiger partial charge in [-0.3, -0.25) is 0 Å². The van der Waals surface area contributed by atoms with Gasteiger partial charge in [0.1, 0.15) is 5.75 Å². The highest BCUT2D eigenvalue weighted by atomic mass is 16.5.